The quantitative estimate of drug-likeness (QED) is 0.329. The van der Waals surface area contributed by atoms with Gasteiger partial charge in [-0.05, 0) is 26.1 Å². The SMILES string of the molecule is CC(C)(CS(C)(=O)=O)NC(=S)NN. The smallest absolute Gasteiger partial charge is 0.181 e. The van der Waals surface area contributed by atoms with Crippen LogP contribution in [0.1, 0.15) is 13.8 Å². The maximum absolute atomic E-state index is 11.0. The molecule has 0 heterocycles. The number of hydrogen-bond acceptors (Lipinski definition) is 4. The molecule has 0 bridgehead atoms. The Kier molecular flexibility index (Phi) is 4.08. The van der Waals surface area contributed by atoms with Crippen molar-refractivity contribution in [2.24, 2.45) is 5.84 Å². The molecule has 0 radical (unpaired) electrons. The molecule has 0 aromatic rings. The third-order valence-electron chi connectivity index (χ3n) is 1.21. The molecular weight excluding hydrogens is 210 g/mol. The van der Waals surface area contributed by atoms with Crippen LogP contribution in [0.4, 0.5) is 0 Å². The number of hydrazine groups is 1. The van der Waals surface area contributed by atoms with Crippen molar-refractivity contribution in [1.82, 2.24) is 10.7 Å². The minimum Gasteiger partial charge on any atom is -0.356 e. The topological polar surface area (TPSA) is 84.2 Å². The van der Waals surface area contributed by atoms with Gasteiger partial charge in [0.15, 0.2) is 5.11 Å². The minimum absolute atomic E-state index is 0.00181. The van der Waals surface area contributed by atoms with Crippen LogP contribution in [0, 0.1) is 0 Å². The highest BCUT2D eigenvalue weighted by Gasteiger charge is 2.23. The lowest BCUT2D eigenvalue weighted by molar-refractivity contribution is 0.497. The molecule has 0 atom stereocenters. The molecule has 0 aliphatic rings. The van der Waals surface area contributed by atoms with Gasteiger partial charge in [0.05, 0.1) is 5.75 Å². The van der Waals surface area contributed by atoms with Crippen molar-refractivity contribution in [2.75, 3.05) is 12.0 Å². The highest BCUT2D eigenvalue weighted by atomic mass is 32.2. The summed E-state index contributed by atoms with van der Waals surface area (Å²) >= 11 is 4.75. The van der Waals surface area contributed by atoms with Gasteiger partial charge in [0.2, 0.25) is 0 Å². The number of sulfone groups is 1. The van der Waals surface area contributed by atoms with E-state index < -0.39 is 15.4 Å². The Bertz CT molecular complexity index is 284. The van der Waals surface area contributed by atoms with E-state index in [9.17, 15) is 8.42 Å². The molecule has 0 aromatic carbocycles. The molecule has 0 aromatic heterocycles. The van der Waals surface area contributed by atoms with Gasteiger partial charge in [0.25, 0.3) is 0 Å². The average Bonchev–Trinajstić information content (AvgIpc) is 1.80. The van der Waals surface area contributed by atoms with Crippen molar-refractivity contribution in [3.63, 3.8) is 0 Å². The molecule has 0 aliphatic heterocycles. The summed E-state index contributed by atoms with van der Waals surface area (Å²) in [5.74, 6) is 5.04. The Morgan fingerprint density at radius 1 is 1.54 bits per heavy atom. The number of nitrogens with two attached hydrogens (primary N) is 1. The van der Waals surface area contributed by atoms with Crippen LogP contribution >= 0.6 is 12.2 Å². The van der Waals surface area contributed by atoms with Crippen LogP contribution in [-0.2, 0) is 9.84 Å². The predicted octanol–water partition coefficient (Wildman–Crippen LogP) is -0.853. The Labute approximate surface area is 84.0 Å². The largest absolute Gasteiger partial charge is 0.356 e. The van der Waals surface area contributed by atoms with Crippen LogP contribution in [0.15, 0.2) is 0 Å². The standard InChI is InChI=1S/C6H15N3O2S2/c1-6(2,4-13(3,10)11)8-5(12)9-7/h4,7H2,1-3H3,(H2,8,9,12). The first kappa shape index (κ1) is 12.6. The monoisotopic (exact) mass is 225 g/mol. The second-order valence-electron chi connectivity index (χ2n) is 3.55. The molecule has 78 valence electrons. The Morgan fingerprint density at radius 2 is 2.00 bits per heavy atom. The van der Waals surface area contributed by atoms with Crippen LogP contribution in [0.3, 0.4) is 0 Å². The van der Waals surface area contributed by atoms with E-state index in [0.717, 1.165) is 0 Å². The summed E-state index contributed by atoms with van der Waals surface area (Å²) in [6.45, 7) is 3.47. The summed E-state index contributed by atoms with van der Waals surface area (Å²) < 4.78 is 22.0. The Hall–Kier alpha value is -0.400. The van der Waals surface area contributed by atoms with Gasteiger partial charge < -0.3 is 10.7 Å². The fraction of sp³-hybridized carbons (Fsp3) is 0.833. The van der Waals surface area contributed by atoms with E-state index in [1.165, 1.54) is 6.26 Å². The normalized spacial score (nSPS) is 12.3. The summed E-state index contributed by atoms with van der Waals surface area (Å²) in [4.78, 5) is 0. The summed E-state index contributed by atoms with van der Waals surface area (Å²) in [5, 5.41) is 3.01. The average molecular weight is 225 g/mol. The van der Waals surface area contributed by atoms with Crippen molar-refractivity contribution in [1.29, 1.82) is 0 Å². The first-order valence-corrected chi connectivity index (χ1v) is 6.10. The summed E-state index contributed by atoms with van der Waals surface area (Å²) in [5.41, 5.74) is 1.62. The van der Waals surface area contributed by atoms with Gasteiger partial charge in [-0.2, -0.15) is 0 Å². The number of hydrogen-bond donors (Lipinski definition) is 3. The van der Waals surface area contributed by atoms with E-state index in [-0.39, 0.29) is 10.9 Å². The fourth-order valence-corrected chi connectivity index (χ4v) is 2.69. The molecule has 0 unspecified atom stereocenters. The van der Waals surface area contributed by atoms with Crippen LogP contribution < -0.4 is 16.6 Å². The Morgan fingerprint density at radius 3 is 2.31 bits per heavy atom. The van der Waals surface area contributed by atoms with Crippen LogP contribution in [0.25, 0.3) is 0 Å². The second-order valence-corrected chi connectivity index (χ2v) is 6.10. The van der Waals surface area contributed by atoms with E-state index in [1.807, 2.05) is 0 Å². The lowest BCUT2D eigenvalue weighted by Gasteiger charge is -2.26. The highest BCUT2D eigenvalue weighted by Crippen LogP contribution is 2.05. The first-order chi connectivity index (χ1) is 5.66. The maximum atomic E-state index is 11.0. The Balaban J connectivity index is 4.33. The molecular formula is C6H15N3O2S2. The molecule has 13 heavy (non-hydrogen) atoms. The highest BCUT2D eigenvalue weighted by molar-refractivity contribution is 7.90. The van der Waals surface area contributed by atoms with Gasteiger partial charge in [-0.1, -0.05) is 0 Å². The lowest BCUT2D eigenvalue weighted by atomic mass is 10.1. The molecule has 0 rings (SSSR count). The third kappa shape index (κ3) is 6.73. The molecule has 7 heteroatoms. The van der Waals surface area contributed by atoms with Gasteiger partial charge in [-0.15, -0.1) is 0 Å². The summed E-state index contributed by atoms with van der Waals surface area (Å²) in [7, 11) is -3.03. The predicted molar refractivity (Wildman–Crippen MR) is 56.8 cm³/mol. The molecule has 0 saturated carbocycles. The van der Waals surface area contributed by atoms with Gasteiger partial charge in [-0.25, -0.2) is 14.3 Å². The first-order valence-electron chi connectivity index (χ1n) is 3.63. The molecule has 0 amide bonds. The number of rotatable bonds is 3. The van der Waals surface area contributed by atoms with E-state index in [4.69, 9.17) is 18.1 Å². The van der Waals surface area contributed by atoms with Crippen LogP contribution in [-0.4, -0.2) is 31.1 Å². The van der Waals surface area contributed by atoms with Crippen molar-refractivity contribution in [3.05, 3.63) is 0 Å². The zero-order valence-corrected chi connectivity index (χ0v) is 9.55. The molecule has 0 saturated heterocycles. The maximum Gasteiger partial charge on any atom is 0.181 e. The zero-order chi connectivity index (χ0) is 10.7. The van der Waals surface area contributed by atoms with E-state index in [1.54, 1.807) is 13.8 Å². The van der Waals surface area contributed by atoms with Crippen molar-refractivity contribution in [3.8, 4) is 0 Å². The second kappa shape index (κ2) is 4.21. The summed E-state index contributed by atoms with van der Waals surface area (Å²) in [6, 6.07) is 0. The molecule has 0 fully saturated rings. The van der Waals surface area contributed by atoms with Gasteiger partial charge in [0, 0.05) is 11.8 Å². The molecule has 5 nitrogen and oxygen atoms in total. The fourth-order valence-electron chi connectivity index (χ4n) is 1.03. The molecule has 0 aliphatic carbocycles. The van der Waals surface area contributed by atoms with Gasteiger partial charge >= 0.3 is 0 Å². The van der Waals surface area contributed by atoms with Crippen LogP contribution in [0.2, 0.25) is 0 Å². The zero-order valence-electron chi connectivity index (χ0n) is 7.92. The minimum atomic E-state index is -3.03. The van der Waals surface area contributed by atoms with E-state index in [2.05, 4.69) is 10.7 Å². The lowest BCUT2D eigenvalue weighted by Crippen LogP contribution is -2.53. The van der Waals surface area contributed by atoms with Crippen LogP contribution in [0.5, 0.6) is 0 Å². The van der Waals surface area contributed by atoms with Crippen molar-refractivity contribution >= 4 is 27.2 Å². The van der Waals surface area contributed by atoms with E-state index in [0.29, 0.717) is 0 Å². The number of nitrogens with one attached hydrogen (secondary N) is 2. The van der Waals surface area contributed by atoms with Gasteiger partial charge in [0.1, 0.15) is 9.84 Å². The van der Waals surface area contributed by atoms with Crippen molar-refractivity contribution < 1.29 is 8.42 Å². The van der Waals surface area contributed by atoms with E-state index >= 15 is 0 Å². The third-order valence-corrected chi connectivity index (χ3v) is 2.67. The summed E-state index contributed by atoms with van der Waals surface area (Å²) in [6.07, 6.45) is 1.18. The molecule has 0 spiro atoms. The van der Waals surface area contributed by atoms with Gasteiger partial charge in [-0.3, -0.25) is 0 Å². The molecule has 4 N–H and O–H groups in total. The van der Waals surface area contributed by atoms with Crippen molar-refractivity contribution in [2.45, 2.75) is 19.4 Å². The number of thiocarbonyl (C=S) groups is 1.